The quantitative estimate of drug-likeness (QED) is 0.480. The number of rotatable bonds is 2. The minimum absolute atomic E-state index is 0.0610. The van der Waals surface area contributed by atoms with Gasteiger partial charge in [0.25, 0.3) is 5.97 Å². The molecule has 0 aromatic carbocycles. The third-order valence-electron chi connectivity index (χ3n) is 0.594. The maximum Gasteiger partial charge on any atom is 0.291 e. The van der Waals surface area contributed by atoms with Crippen LogP contribution in [0.15, 0.2) is 0 Å². The van der Waals surface area contributed by atoms with E-state index in [1.54, 1.807) is 6.92 Å². The summed E-state index contributed by atoms with van der Waals surface area (Å²) >= 11 is 0. The average Bonchev–Trinajstić information content (AvgIpc) is 1.68. The molecule has 0 aromatic heterocycles. The summed E-state index contributed by atoms with van der Waals surface area (Å²) in [4.78, 5) is 10.2. The number of hydrogen-bond acceptors (Lipinski definition) is 2. The van der Waals surface area contributed by atoms with Crippen molar-refractivity contribution in [2.24, 2.45) is 0 Å². The smallest absolute Gasteiger partial charge is 0.291 e. The van der Waals surface area contributed by atoms with Crippen LogP contribution < -0.4 is 0 Å². The van der Waals surface area contributed by atoms with Gasteiger partial charge in [-0.2, -0.15) is 0 Å². The lowest BCUT2D eigenvalue weighted by atomic mass is 10.5. The van der Waals surface area contributed by atoms with Gasteiger partial charge in [0.2, 0.25) is 9.76 Å². The predicted molar refractivity (Wildman–Crippen MR) is 30.8 cm³/mol. The van der Waals surface area contributed by atoms with Crippen LogP contribution in [0.2, 0.25) is 6.55 Å². The second-order valence-corrected chi connectivity index (χ2v) is 2.02. The minimum Gasteiger partial charge on any atom is -0.525 e. The first-order valence-electron chi connectivity index (χ1n) is 2.46. The lowest BCUT2D eigenvalue weighted by molar-refractivity contribution is -0.133. The van der Waals surface area contributed by atoms with Crippen LogP contribution in [0.1, 0.15) is 13.3 Å². The lowest BCUT2D eigenvalue weighted by Crippen LogP contribution is -2.02. The van der Waals surface area contributed by atoms with E-state index in [0.29, 0.717) is 6.42 Å². The Labute approximate surface area is 45.8 Å². The van der Waals surface area contributed by atoms with Crippen LogP contribution in [0.25, 0.3) is 0 Å². The van der Waals surface area contributed by atoms with E-state index in [9.17, 15) is 4.79 Å². The zero-order valence-electron chi connectivity index (χ0n) is 4.73. The Kier molecular flexibility index (Phi) is 3.69. The van der Waals surface area contributed by atoms with Crippen LogP contribution in [-0.4, -0.2) is 15.7 Å². The first kappa shape index (κ1) is 6.69. The average molecular weight is 118 g/mol. The highest BCUT2D eigenvalue weighted by molar-refractivity contribution is 6.28. The summed E-state index contributed by atoms with van der Waals surface area (Å²) in [6.45, 7) is 3.74. The molecule has 0 saturated heterocycles. The maximum absolute atomic E-state index is 10.2. The minimum atomic E-state index is -0.494. The Morgan fingerprint density at radius 2 is 2.43 bits per heavy atom. The largest absolute Gasteiger partial charge is 0.525 e. The fraction of sp³-hybridized carbons (Fsp3) is 0.750. The molecule has 0 amide bonds. The van der Waals surface area contributed by atoms with E-state index in [0.717, 1.165) is 0 Å². The van der Waals surface area contributed by atoms with Crippen molar-refractivity contribution in [2.45, 2.75) is 19.9 Å². The van der Waals surface area contributed by atoms with E-state index < -0.39 is 9.76 Å². The van der Waals surface area contributed by atoms with Crippen molar-refractivity contribution in [3.63, 3.8) is 0 Å². The molecule has 0 radical (unpaired) electrons. The topological polar surface area (TPSA) is 26.3 Å². The van der Waals surface area contributed by atoms with Gasteiger partial charge in [0.1, 0.15) is 0 Å². The molecule has 0 aromatic rings. The Morgan fingerprint density at radius 1 is 1.86 bits per heavy atom. The highest BCUT2D eigenvalue weighted by Gasteiger charge is 1.90. The van der Waals surface area contributed by atoms with Gasteiger partial charge in [-0.25, -0.2) is 0 Å². The molecule has 0 bridgehead atoms. The molecule has 0 aliphatic heterocycles. The highest BCUT2D eigenvalue weighted by atomic mass is 28.2. The van der Waals surface area contributed by atoms with E-state index in [2.05, 4.69) is 0 Å². The van der Waals surface area contributed by atoms with Gasteiger partial charge in [-0.3, -0.25) is 4.79 Å². The summed E-state index contributed by atoms with van der Waals surface area (Å²) in [5.74, 6) is -0.0610. The zero-order chi connectivity index (χ0) is 5.70. The molecule has 0 aliphatic rings. The first-order valence-corrected chi connectivity index (χ1v) is 4.46. The Balaban J connectivity index is 3.00. The summed E-state index contributed by atoms with van der Waals surface area (Å²) in [6.07, 6.45) is 0.515. The van der Waals surface area contributed by atoms with Gasteiger partial charge < -0.3 is 4.43 Å². The molecular formula is C4H10O2Si. The zero-order valence-corrected chi connectivity index (χ0v) is 6.14. The molecule has 0 spiro atoms. The van der Waals surface area contributed by atoms with Gasteiger partial charge in [0.05, 0.1) is 0 Å². The SMILES string of the molecule is CCC(=O)O[SiH2]C. The molecule has 42 valence electrons. The van der Waals surface area contributed by atoms with E-state index in [1.165, 1.54) is 0 Å². The maximum atomic E-state index is 10.2. The molecule has 0 rings (SSSR count). The third kappa shape index (κ3) is 3.52. The van der Waals surface area contributed by atoms with Crippen molar-refractivity contribution in [1.82, 2.24) is 0 Å². The van der Waals surface area contributed by atoms with E-state index in [1.807, 2.05) is 6.55 Å². The molecule has 0 unspecified atom stereocenters. The summed E-state index contributed by atoms with van der Waals surface area (Å²) < 4.78 is 4.69. The normalized spacial score (nSPS) is 10.0. The monoisotopic (exact) mass is 118 g/mol. The summed E-state index contributed by atoms with van der Waals surface area (Å²) in [5.41, 5.74) is 0. The standard InChI is InChI=1S/C4H10O2Si/c1-3-4(5)6-7-2/h3,7H2,1-2H3. The highest BCUT2D eigenvalue weighted by Crippen LogP contribution is 1.79. The molecule has 0 heterocycles. The fourth-order valence-electron chi connectivity index (χ4n) is 0.263. The van der Waals surface area contributed by atoms with Crippen molar-refractivity contribution in [2.75, 3.05) is 0 Å². The third-order valence-corrected chi connectivity index (χ3v) is 1.20. The molecule has 0 saturated carbocycles. The summed E-state index contributed by atoms with van der Waals surface area (Å²) in [6, 6.07) is 0. The summed E-state index contributed by atoms with van der Waals surface area (Å²) in [7, 11) is -0.494. The van der Waals surface area contributed by atoms with Gasteiger partial charge in [-0.15, -0.1) is 0 Å². The van der Waals surface area contributed by atoms with Crippen molar-refractivity contribution < 1.29 is 9.22 Å². The fourth-order valence-corrected chi connectivity index (χ4v) is 0.789. The summed E-state index contributed by atoms with van der Waals surface area (Å²) in [5, 5.41) is 0. The number of hydrogen-bond donors (Lipinski definition) is 0. The molecule has 0 N–H and O–H groups in total. The van der Waals surface area contributed by atoms with Crippen LogP contribution in [0.3, 0.4) is 0 Å². The number of carbonyl (C=O) groups excluding carboxylic acids is 1. The van der Waals surface area contributed by atoms with Gasteiger partial charge in [0.15, 0.2) is 0 Å². The molecular weight excluding hydrogens is 108 g/mol. The van der Waals surface area contributed by atoms with Gasteiger partial charge in [-0.1, -0.05) is 6.92 Å². The van der Waals surface area contributed by atoms with Crippen LogP contribution in [-0.2, 0) is 9.22 Å². The molecule has 2 nitrogen and oxygen atoms in total. The van der Waals surface area contributed by atoms with Crippen molar-refractivity contribution in [3.8, 4) is 0 Å². The van der Waals surface area contributed by atoms with E-state index >= 15 is 0 Å². The molecule has 0 fully saturated rings. The molecule has 7 heavy (non-hydrogen) atoms. The van der Waals surface area contributed by atoms with Gasteiger partial charge >= 0.3 is 0 Å². The Bertz CT molecular complexity index is 62.7. The molecule has 0 atom stereocenters. The Hall–Kier alpha value is -0.313. The first-order chi connectivity index (χ1) is 3.31. The molecule has 0 aliphatic carbocycles. The van der Waals surface area contributed by atoms with Crippen molar-refractivity contribution in [3.05, 3.63) is 0 Å². The van der Waals surface area contributed by atoms with Crippen molar-refractivity contribution >= 4 is 15.7 Å². The molecule has 3 heteroatoms. The lowest BCUT2D eigenvalue weighted by Gasteiger charge is -1.94. The van der Waals surface area contributed by atoms with Crippen LogP contribution >= 0.6 is 0 Å². The second kappa shape index (κ2) is 3.86. The second-order valence-electron chi connectivity index (χ2n) is 1.16. The van der Waals surface area contributed by atoms with E-state index in [4.69, 9.17) is 4.43 Å². The number of carbonyl (C=O) groups is 1. The van der Waals surface area contributed by atoms with Crippen LogP contribution in [0.5, 0.6) is 0 Å². The van der Waals surface area contributed by atoms with Crippen LogP contribution in [0, 0.1) is 0 Å². The van der Waals surface area contributed by atoms with E-state index in [-0.39, 0.29) is 5.97 Å². The van der Waals surface area contributed by atoms with Gasteiger partial charge in [0, 0.05) is 6.42 Å². The van der Waals surface area contributed by atoms with Crippen LogP contribution in [0.4, 0.5) is 0 Å². The predicted octanol–water partition coefficient (Wildman–Crippen LogP) is 0.0715. The van der Waals surface area contributed by atoms with Gasteiger partial charge in [-0.05, 0) is 6.55 Å². The Morgan fingerprint density at radius 3 is 2.57 bits per heavy atom. The van der Waals surface area contributed by atoms with Crippen molar-refractivity contribution in [1.29, 1.82) is 0 Å².